The van der Waals surface area contributed by atoms with E-state index in [0.717, 1.165) is 27.7 Å². The number of nitrogens with zero attached hydrogens (tertiary/aromatic N) is 3. The minimum Gasteiger partial charge on any atom is -0.477 e. The molecule has 1 saturated heterocycles. The third kappa shape index (κ3) is 2.50. The van der Waals surface area contributed by atoms with E-state index in [1.54, 1.807) is 6.92 Å². The Hall–Kier alpha value is -2.71. The summed E-state index contributed by atoms with van der Waals surface area (Å²) in [5, 5.41) is 22.2. The number of amides is 1. The van der Waals surface area contributed by atoms with Gasteiger partial charge in [0.25, 0.3) is 0 Å². The molecule has 0 radical (unpaired) electrons. The molecule has 7 nitrogen and oxygen atoms in total. The Labute approximate surface area is 178 Å². The lowest BCUT2D eigenvalue weighted by atomic mass is 9.78. The number of carboxylic acid groups (broad SMARTS) is 1. The molecule has 3 aliphatic heterocycles. The molecule has 8 heteroatoms. The van der Waals surface area contributed by atoms with Gasteiger partial charge >= 0.3 is 5.97 Å². The Morgan fingerprint density at radius 3 is 2.50 bits per heavy atom. The van der Waals surface area contributed by atoms with Gasteiger partial charge in [0, 0.05) is 18.4 Å². The van der Waals surface area contributed by atoms with E-state index in [1.807, 2.05) is 32.2 Å². The number of carboxylic acids is 1. The predicted molar refractivity (Wildman–Crippen MR) is 117 cm³/mol. The first-order valence-electron chi connectivity index (χ1n) is 9.99. The SMILES string of the molecule is CC(O)C1C(=O)N2C(C(=O)O)=C(CN3SN(C)c4cccc5cccc3c45)C(C)C12. The lowest BCUT2D eigenvalue weighted by Gasteiger charge is -2.46. The molecule has 2 aromatic carbocycles. The number of aliphatic carboxylic acids is 1. The van der Waals surface area contributed by atoms with Crippen LogP contribution in [0.25, 0.3) is 10.8 Å². The number of hydrogen-bond donors (Lipinski definition) is 2. The first-order valence-corrected chi connectivity index (χ1v) is 10.7. The number of aliphatic hydroxyl groups excluding tert-OH is 1. The molecule has 5 rings (SSSR count). The number of β-lactam (4-membered cyclic amide) rings is 1. The van der Waals surface area contributed by atoms with E-state index in [2.05, 4.69) is 26.8 Å². The number of aliphatic hydroxyl groups is 1. The maximum Gasteiger partial charge on any atom is 0.352 e. The fraction of sp³-hybridized carbons (Fsp3) is 0.364. The van der Waals surface area contributed by atoms with Crippen LogP contribution in [0.15, 0.2) is 47.7 Å². The summed E-state index contributed by atoms with van der Waals surface area (Å²) in [4.78, 5) is 26.1. The van der Waals surface area contributed by atoms with E-state index in [4.69, 9.17) is 0 Å². The quantitative estimate of drug-likeness (QED) is 0.576. The van der Waals surface area contributed by atoms with Crippen molar-refractivity contribution in [3.8, 4) is 0 Å². The van der Waals surface area contributed by atoms with Crippen LogP contribution in [0.4, 0.5) is 11.4 Å². The second kappa shape index (κ2) is 6.65. The molecule has 4 atom stereocenters. The van der Waals surface area contributed by atoms with Crippen LogP contribution in [-0.4, -0.2) is 52.7 Å². The molecular formula is C22H23N3O4S. The smallest absolute Gasteiger partial charge is 0.352 e. The zero-order valence-corrected chi connectivity index (χ0v) is 17.8. The van der Waals surface area contributed by atoms with Crippen molar-refractivity contribution in [2.75, 3.05) is 22.2 Å². The van der Waals surface area contributed by atoms with E-state index >= 15 is 0 Å². The largest absolute Gasteiger partial charge is 0.477 e. The molecule has 0 bridgehead atoms. The first kappa shape index (κ1) is 19.3. The Bertz CT molecular complexity index is 1110. The van der Waals surface area contributed by atoms with Crippen molar-refractivity contribution < 1.29 is 19.8 Å². The van der Waals surface area contributed by atoms with Gasteiger partial charge in [-0.15, -0.1) is 0 Å². The molecule has 4 unspecified atom stereocenters. The van der Waals surface area contributed by atoms with E-state index in [1.165, 1.54) is 17.0 Å². The molecule has 3 heterocycles. The monoisotopic (exact) mass is 425 g/mol. The Morgan fingerprint density at radius 2 is 1.87 bits per heavy atom. The Balaban J connectivity index is 1.57. The molecule has 156 valence electrons. The van der Waals surface area contributed by atoms with Crippen molar-refractivity contribution in [2.45, 2.75) is 26.0 Å². The van der Waals surface area contributed by atoms with Gasteiger partial charge in [-0.1, -0.05) is 31.2 Å². The number of carbonyl (C=O) groups is 2. The van der Waals surface area contributed by atoms with Gasteiger partial charge in [-0.3, -0.25) is 9.10 Å². The number of benzene rings is 2. The highest BCUT2D eigenvalue weighted by atomic mass is 32.2. The summed E-state index contributed by atoms with van der Waals surface area (Å²) in [5.74, 6) is -2.08. The van der Waals surface area contributed by atoms with Gasteiger partial charge in [-0.05, 0) is 30.0 Å². The zero-order chi connectivity index (χ0) is 21.3. The summed E-state index contributed by atoms with van der Waals surface area (Å²) in [7, 11) is 1.99. The molecule has 0 aliphatic carbocycles. The highest BCUT2D eigenvalue weighted by molar-refractivity contribution is 8.02. The van der Waals surface area contributed by atoms with Crippen LogP contribution in [0.1, 0.15) is 13.8 Å². The van der Waals surface area contributed by atoms with Crippen molar-refractivity contribution in [3.05, 3.63) is 47.7 Å². The molecule has 2 N–H and O–H groups in total. The van der Waals surface area contributed by atoms with Crippen LogP contribution in [0.2, 0.25) is 0 Å². The van der Waals surface area contributed by atoms with Crippen LogP contribution < -0.4 is 8.61 Å². The maximum atomic E-state index is 12.6. The normalized spacial score (nSPS) is 26.2. The molecule has 1 fully saturated rings. The van der Waals surface area contributed by atoms with Crippen molar-refractivity contribution in [1.82, 2.24) is 4.90 Å². The lowest BCUT2D eigenvalue weighted by molar-refractivity contribution is -0.163. The topological polar surface area (TPSA) is 84.3 Å². The third-order valence-corrected chi connectivity index (χ3v) is 7.49. The van der Waals surface area contributed by atoms with Crippen LogP contribution in [0, 0.1) is 11.8 Å². The number of carbonyl (C=O) groups excluding carboxylic acids is 1. The van der Waals surface area contributed by atoms with Crippen molar-refractivity contribution in [3.63, 3.8) is 0 Å². The molecule has 2 aromatic rings. The fourth-order valence-electron chi connectivity index (χ4n) is 5.13. The second-order valence-corrected chi connectivity index (χ2v) is 9.35. The predicted octanol–water partition coefficient (Wildman–Crippen LogP) is 2.86. The van der Waals surface area contributed by atoms with E-state index < -0.39 is 18.0 Å². The minimum atomic E-state index is -1.09. The Morgan fingerprint density at radius 1 is 1.20 bits per heavy atom. The van der Waals surface area contributed by atoms with Crippen LogP contribution in [0.5, 0.6) is 0 Å². The molecule has 1 amide bonds. The standard InChI is InChI=1S/C22H23N3O4S/c1-11-14(20(22(28)29)25-19(11)17(12(2)26)21(25)27)10-24-16-9-5-7-13-6-4-8-15(18(13)16)23(3)30-24/h4-9,11-12,17,19,26H,10H2,1-3H3,(H,28,29). The molecule has 0 aromatic heterocycles. The van der Waals surface area contributed by atoms with Crippen LogP contribution in [0.3, 0.4) is 0 Å². The van der Waals surface area contributed by atoms with E-state index in [0.29, 0.717) is 6.54 Å². The summed E-state index contributed by atoms with van der Waals surface area (Å²) < 4.78 is 4.17. The average molecular weight is 426 g/mol. The second-order valence-electron chi connectivity index (χ2n) is 8.20. The van der Waals surface area contributed by atoms with Gasteiger partial charge in [-0.25, -0.2) is 4.79 Å². The summed E-state index contributed by atoms with van der Waals surface area (Å²) in [6.07, 6.45) is -0.799. The summed E-state index contributed by atoms with van der Waals surface area (Å²) in [6.45, 7) is 3.94. The molecule has 0 spiro atoms. The third-order valence-electron chi connectivity index (χ3n) is 6.52. The van der Waals surface area contributed by atoms with Crippen LogP contribution >= 0.6 is 12.1 Å². The molecule has 0 saturated carbocycles. The Kier molecular flexibility index (Phi) is 4.27. The lowest BCUT2D eigenvalue weighted by Crippen LogP contribution is -2.63. The first-order chi connectivity index (χ1) is 14.3. The summed E-state index contributed by atoms with van der Waals surface area (Å²) in [6, 6.07) is 12.0. The van der Waals surface area contributed by atoms with Gasteiger partial charge in [0.05, 0.1) is 48.1 Å². The van der Waals surface area contributed by atoms with Gasteiger partial charge < -0.3 is 19.4 Å². The van der Waals surface area contributed by atoms with Crippen molar-refractivity contribution >= 4 is 46.2 Å². The van der Waals surface area contributed by atoms with E-state index in [-0.39, 0.29) is 23.6 Å². The number of fused-ring (bicyclic) bond motifs is 1. The molecule has 3 aliphatic rings. The number of rotatable bonds is 4. The average Bonchev–Trinajstić information content (AvgIpc) is 2.94. The fourth-order valence-corrected chi connectivity index (χ4v) is 6.10. The van der Waals surface area contributed by atoms with Crippen molar-refractivity contribution in [2.24, 2.45) is 11.8 Å². The van der Waals surface area contributed by atoms with Gasteiger partial charge in [0.15, 0.2) is 0 Å². The van der Waals surface area contributed by atoms with Crippen molar-refractivity contribution in [1.29, 1.82) is 0 Å². The molecule has 30 heavy (non-hydrogen) atoms. The maximum absolute atomic E-state index is 12.6. The molecular weight excluding hydrogens is 402 g/mol. The van der Waals surface area contributed by atoms with E-state index in [9.17, 15) is 19.8 Å². The number of anilines is 2. The number of hydrogen-bond acceptors (Lipinski definition) is 6. The van der Waals surface area contributed by atoms with Crippen LogP contribution in [-0.2, 0) is 9.59 Å². The highest BCUT2D eigenvalue weighted by Crippen LogP contribution is 2.50. The highest BCUT2D eigenvalue weighted by Gasteiger charge is 2.59. The van der Waals surface area contributed by atoms with Gasteiger partial charge in [0.2, 0.25) is 5.91 Å². The van der Waals surface area contributed by atoms with Gasteiger partial charge in [-0.2, -0.15) is 0 Å². The summed E-state index contributed by atoms with van der Waals surface area (Å²) in [5.41, 5.74) is 2.94. The summed E-state index contributed by atoms with van der Waals surface area (Å²) >= 11 is 1.52. The zero-order valence-electron chi connectivity index (χ0n) is 16.9. The minimum absolute atomic E-state index is 0.0729. The van der Waals surface area contributed by atoms with Gasteiger partial charge in [0.1, 0.15) is 5.70 Å².